The van der Waals surface area contributed by atoms with Crippen LogP contribution in [0, 0.1) is 12.7 Å². The summed E-state index contributed by atoms with van der Waals surface area (Å²) in [5, 5.41) is 0. The van der Waals surface area contributed by atoms with Crippen molar-refractivity contribution in [2.75, 3.05) is 0 Å². The number of rotatable bonds is 1. The van der Waals surface area contributed by atoms with Crippen LogP contribution in [0.25, 0.3) is 0 Å². The summed E-state index contributed by atoms with van der Waals surface area (Å²) in [6.07, 6.45) is 1.19. The highest BCUT2D eigenvalue weighted by Gasteiger charge is 1.97. The maximum Gasteiger partial charge on any atom is 0.144 e. The fourth-order valence-electron chi connectivity index (χ4n) is 0.709. The molecule has 0 aliphatic rings. The van der Waals surface area contributed by atoms with E-state index in [4.69, 9.17) is 5.73 Å². The maximum atomic E-state index is 12.5. The van der Waals surface area contributed by atoms with Gasteiger partial charge < -0.3 is 5.73 Å². The Morgan fingerprint density at radius 3 is 2.90 bits per heavy atom. The minimum absolute atomic E-state index is 0.280. The van der Waals surface area contributed by atoms with E-state index in [-0.39, 0.29) is 5.82 Å². The van der Waals surface area contributed by atoms with Crippen LogP contribution in [0.3, 0.4) is 0 Å². The van der Waals surface area contributed by atoms with Crippen LogP contribution >= 0.6 is 0 Å². The summed E-state index contributed by atoms with van der Waals surface area (Å²) in [5.41, 5.74) is 6.60. The molecular weight excluding hydrogens is 131 g/mol. The molecule has 0 spiro atoms. The molecule has 0 unspecified atom stereocenters. The Bertz CT molecular complexity index is 235. The minimum atomic E-state index is -0.280. The Morgan fingerprint density at radius 1 is 1.70 bits per heavy atom. The van der Waals surface area contributed by atoms with Crippen LogP contribution in [0.2, 0.25) is 0 Å². The first-order valence-electron chi connectivity index (χ1n) is 3.05. The first-order valence-corrected chi connectivity index (χ1v) is 3.05. The molecule has 1 rings (SSSR count). The van der Waals surface area contributed by atoms with Gasteiger partial charge in [0.2, 0.25) is 0 Å². The SMILES string of the molecule is Cc1cc(CN)ncc1F. The van der Waals surface area contributed by atoms with E-state index >= 15 is 0 Å². The van der Waals surface area contributed by atoms with Crippen LogP contribution < -0.4 is 5.73 Å². The van der Waals surface area contributed by atoms with Crippen molar-refractivity contribution < 1.29 is 4.39 Å². The molecule has 0 aliphatic carbocycles. The maximum absolute atomic E-state index is 12.5. The average Bonchev–Trinajstić information content (AvgIpc) is 1.95. The van der Waals surface area contributed by atoms with Gasteiger partial charge in [-0.3, -0.25) is 4.98 Å². The lowest BCUT2D eigenvalue weighted by molar-refractivity contribution is 0.609. The Morgan fingerprint density at radius 2 is 2.40 bits per heavy atom. The number of halogens is 1. The number of hydrogen-bond acceptors (Lipinski definition) is 2. The van der Waals surface area contributed by atoms with E-state index in [9.17, 15) is 4.39 Å². The number of aromatic nitrogens is 1. The largest absolute Gasteiger partial charge is 0.325 e. The summed E-state index contributed by atoms with van der Waals surface area (Å²) in [5.74, 6) is -0.280. The van der Waals surface area contributed by atoms with E-state index in [1.807, 2.05) is 0 Å². The van der Waals surface area contributed by atoms with E-state index in [0.29, 0.717) is 12.1 Å². The van der Waals surface area contributed by atoms with Crippen molar-refractivity contribution in [1.29, 1.82) is 0 Å². The van der Waals surface area contributed by atoms with Gasteiger partial charge in [-0.1, -0.05) is 0 Å². The highest BCUT2D eigenvalue weighted by atomic mass is 19.1. The molecule has 0 aromatic carbocycles. The molecule has 1 heterocycles. The molecule has 0 aliphatic heterocycles. The lowest BCUT2D eigenvalue weighted by Crippen LogP contribution is -2.00. The molecule has 2 nitrogen and oxygen atoms in total. The molecule has 1 aromatic heterocycles. The molecule has 0 saturated carbocycles. The summed E-state index contributed by atoms with van der Waals surface area (Å²) in [4.78, 5) is 3.76. The zero-order valence-corrected chi connectivity index (χ0v) is 5.76. The number of pyridine rings is 1. The van der Waals surface area contributed by atoms with Crippen molar-refractivity contribution in [2.24, 2.45) is 5.73 Å². The predicted molar refractivity (Wildman–Crippen MR) is 36.8 cm³/mol. The Balaban J connectivity index is 3.04. The summed E-state index contributed by atoms with van der Waals surface area (Å²) < 4.78 is 12.5. The summed E-state index contributed by atoms with van der Waals surface area (Å²) in [6, 6.07) is 1.65. The fourth-order valence-corrected chi connectivity index (χ4v) is 0.709. The van der Waals surface area contributed by atoms with Crippen LogP contribution in [0.1, 0.15) is 11.3 Å². The van der Waals surface area contributed by atoms with E-state index in [1.165, 1.54) is 6.20 Å². The second-order valence-corrected chi connectivity index (χ2v) is 2.13. The van der Waals surface area contributed by atoms with Gasteiger partial charge in [-0.05, 0) is 18.6 Å². The monoisotopic (exact) mass is 140 g/mol. The van der Waals surface area contributed by atoms with Gasteiger partial charge in [-0.2, -0.15) is 0 Å². The molecule has 3 heteroatoms. The van der Waals surface area contributed by atoms with Crippen molar-refractivity contribution in [2.45, 2.75) is 13.5 Å². The second-order valence-electron chi connectivity index (χ2n) is 2.13. The smallest absolute Gasteiger partial charge is 0.144 e. The average molecular weight is 140 g/mol. The van der Waals surface area contributed by atoms with E-state index in [2.05, 4.69) is 4.98 Å². The normalized spacial score (nSPS) is 9.90. The quantitative estimate of drug-likeness (QED) is 0.631. The molecule has 0 saturated heterocycles. The molecular formula is C7H9FN2. The summed E-state index contributed by atoms with van der Waals surface area (Å²) in [7, 11) is 0. The van der Waals surface area contributed by atoms with E-state index in [1.54, 1.807) is 13.0 Å². The Hall–Kier alpha value is -0.960. The molecule has 0 fully saturated rings. The van der Waals surface area contributed by atoms with Crippen molar-refractivity contribution >= 4 is 0 Å². The van der Waals surface area contributed by atoms with Gasteiger partial charge >= 0.3 is 0 Å². The third kappa shape index (κ3) is 1.30. The van der Waals surface area contributed by atoms with Gasteiger partial charge in [-0.15, -0.1) is 0 Å². The highest BCUT2D eigenvalue weighted by Crippen LogP contribution is 2.04. The van der Waals surface area contributed by atoms with Crippen LogP contribution in [0.4, 0.5) is 4.39 Å². The molecule has 10 heavy (non-hydrogen) atoms. The van der Waals surface area contributed by atoms with Gasteiger partial charge in [0.1, 0.15) is 5.82 Å². The van der Waals surface area contributed by atoms with Crippen molar-refractivity contribution in [3.8, 4) is 0 Å². The third-order valence-corrected chi connectivity index (χ3v) is 1.31. The fraction of sp³-hybridized carbons (Fsp3) is 0.286. The van der Waals surface area contributed by atoms with Crippen molar-refractivity contribution in [1.82, 2.24) is 4.98 Å². The summed E-state index contributed by atoms with van der Waals surface area (Å²) in [6.45, 7) is 2.05. The zero-order chi connectivity index (χ0) is 7.56. The van der Waals surface area contributed by atoms with Gasteiger partial charge in [0.15, 0.2) is 0 Å². The van der Waals surface area contributed by atoms with Crippen LogP contribution in [0.15, 0.2) is 12.3 Å². The number of nitrogens with two attached hydrogens (primary N) is 1. The van der Waals surface area contributed by atoms with Crippen LogP contribution in [-0.2, 0) is 6.54 Å². The van der Waals surface area contributed by atoms with Crippen molar-refractivity contribution in [3.05, 3.63) is 29.3 Å². The first kappa shape index (κ1) is 7.15. The predicted octanol–water partition coefficient (Wildman–Crippen LogP) is 0.988. The molecule has 0 bridgehead atoms. The second kappa shape index (κ2) is 2.75. The Labute approximate surface area is 58.9 Å². The number of hydrogen-bond donors (Lipinski definition) is 1. The molecule has 2 N–H and O–H groups in total. The molecule has 1 aromatic rings. The van der Waals surface area contributed by atoms with Gasteiger partial charge in [0, 0.05) is 6.54 Å². The van der Waals surface area contributed by atoms with E-state index < -0.39 is 0 Å². The Kier molecular flexibility index (Phi) is 1.97. The number of nitrogens with zero attached hydrogens (tertiary/aromatic N) is 1. The van der Waals surface area contributed by atoms with Gasteiger partial charge in [-0.25, -0.2) is 4.39 Å². The lowest BCUT2D eigenvalue weighted by atomic mass is 10.2. The lowest BCUT2D eigenvalue weighted by Gasteiger charge is -1.97. The first-order chi connectivity index (χ1) is 4.74. The summed E-state index contributed by atoms with van der Waals surface area (Å²) >= 11 is 0. The van der Waals surface area contributed by atoms with Gasteiger partial charge in [0.25, 0.3) is 0 Å². The third-order valence-electron chi connectivity index (χ3n) is 1.31. The minimum Gasteiger partial charge on any atom is -0.325 e. The molecule has 0 atom stereocenters. The highest BCUT2D eigenvalue weighted by molar-refractivity contribution is 5.15. The standard InChI is InChI=1S/C7H9FN2/c1-5-2-6(3-9)10-4-7(5)8/h2,4H,3,9H2,1H3. The molecule has 54 valence electrons. The molecule has 0 amide bonds. The van der Waals surface area contributed by atoms with Crippen LogP contribution in [-0.4, -0.2) is 4.98 Å². The van der Waals surface area contributed by atoms with Crippen LogP contribution in [0.5, 0.6) is 0 Å². The van der Waals surface area contributed by atoms with E-state index in [0.717, 1.165) is 5.69 Å². The molecule has 0 radical (unpaired) electrons. The topological polar surface area (TPSA) is 38.9 Å². The van der Waals surface area contributed by atoms with Gasteiger partial charge in [0.05, 0.1) is 11.9 Å². The number of aryl methyl sites for hydroxylation is 1. The van der Waals surface area contributed by atoms with Crippen molar-refractivity contribution in [3.63, 3.8) is 0 Å². The zero-order valence-electron chi connectivity index (χ0n) is 5.76.